The molecular weight excluding hydrogens is 348 g/mol. The number of fused-ring (bicyclic) bond motifs is 2. The van der Waals surface area contributed by atoms with Crippen LogP contribution in [0.15, 0.2) is 5.38 Å². The van der Waals surface area contributed by atoms with Crippen molar-refractivity contribution in [2.24, 2.45) is 5.92 Å². The molecule has 2 heterocycles. The lowest BCUT2D eigenvalue weighted by molar-refractivity contribution is -0.0193. The zero-order valence-electron chi connectivity index (χ0n) is 13.6. The lowest BCUT2D eigenvalue weighted by Gasteiger charge is -2.47. The van der Waals surface area contributed by atoms with Gasteiger partial charge < -0.3 is 10.1 Å². The highest BCUT2D eigenvalue weighted by atomic mass is 32.2. The van der Waals surface area contributed by atoms with E-state index in [2.05, 4.69) is 15.4 Å². The van der Waals surface area contributed by atoms with E-state index in [1.165, 1.54) is 28.9 Å². The minimum Gasteiger partial charge on any atom is -0.376 e. The molecule has 0 radical (unpaired) electrons. The molecular formula is C16H22N2O4S2. The van der Waals surface area contributed by atoms with E-state index in [0.29, 0.717) is 6.61 Å². The van der Waals surface area contributed by atoms with Gasteiger partial charge in [0.15, 0.2) is 0 Å². The zero-order chi connectivity index (χ0) is 16.9. The molecule has 2 fully saturated rings. The van der Waals surface area contributed by atoms with E-state index in [1.54, 1.807) is 0 Å². The Morgan fingerprint density at radius 2 is 2.08 bits per heavy atom. The maximum Gasteiger partial charge on any atom is 0.261 e. The van der Waals surface area contributed by atoms with Gasteiger partial charge in [-0.05, 0) is 48.6 Å². The van der Waals surface area contributed by atoms with E-state index in [-0.39, 0.29) is 30.0 Å². The number of amides is 1. The Bertz CT molecular complexity index is 758. The van der Waals surface area contributed by atoms with Crippen molar-refractivity contribution in [1.29, 1.82) is 0 Å². The molecule has 8 heteroatoms. The number of rotatable bonds is 4. The minimum atomic E-state index is -3.34. The minimum absolute atomic E-state index is 0.0706. The highest BCUT2D eigenvalue weighted by Gasteiger charge is 2.55. The first-order valence-electron chi connectivity index (χ1n) is 8.43. The van der Waals surface area contributed by atoms with Crippen LogP contribution in [0.25, 0.3) is 0 Å². The van der Waals surface area contributed by atoms with Gasteiger partial charge in [-0.25, -0.2) is 13.1 Å². The topological polar surface area (TPSA) is 84.5 Å². The number of carbonyl (C=O) groups excluding carboxylic acids is 1. The van der Waals surface area contributed by atoms with Crippen molar-refractivity contribution < 1.29 is 17.9 Å². The predicted molar refractivity (Wildman–Crippen MR) is 91.8 cm³/mol. The number of sulfonamides is 1. The first-order valence-corrected chi connectivity index (χ1v) is 11.2. The summed E-state index contributed by atoms with van der Waals surface area (Å²) in [5, 5.41) is 5.17. The van der Waals surface area contributed by atoms with Crippen LogP contribution in [0.4, 0.5) is 0 Å². The Hall–Kier alpha value is -0.960. The monoisotopic (exact) mass is 370 g/mol. The summed E-state index contributed by atoms with van der Waals surface area (Å²) in [5.41, 5.74) is 2.49. The van der Waals surface area contributed by atoms with Crippen LogP contribution in [0.3, 0.4) is 0 Å². The molecule has 0 aromatic carbocycles. The van der Waals surface area contributed by atoms with Gasteiger partial charge in [0.05, 0.1) is 29.3 Å². The van der Waals surface area contributed by atoms with Gasteiger partial charge in [-0.3, -0.25) is 4.79 Å². The fraction of sp³-hybridized carbons (Fsp3) is 0.688. The van der Waals surface area contributed by atoms with Crippen LogP contribution >= 0.6 is 11.3 Å². The number of aryl methyl sites for hydroxylation is 1. The average molecular weight is 370 g/mol. The molecule has 132 valence electrons. The quantitative estimate of drug-likeness (QED) is 0.830. The van der Waals surface area contributed by atoms with Gasteiger partial charge in [0.2, 0.25) is 10.0 Å². The van der Waals surface area contributed by atoms with Gasteiger partial charge in [-0.2, -0.15) is 0 Å². The Morgan fingerprint density at radius 1 is 1.29 bits per heavy atom. The lowest BCUT2D eigenvalue weighted by atomic mass is 9.72. The molecule has 1 saturated carbocycles. The fourth-order valence-corrected chi connectivity index (χ4v) is 6.05. The Labute approximate surface area is 146 Å². The molecule has 1 saturated heterocycles. The van der Waals surface area contributed by atoms with Crippen molar-refractivity contribution in [3.63, 3.8) is 0 Å². The highest BCUT2D eigenvalue weighted by Crippen LogP contribution is 2.40. The molecule has 4 atom stereocenters. The molecule has 0 spiro atoms. The highest BCUT2D eigenvalue weighted by molar-refractivity contribution is 7.88. The smallest absolute Gasteiger partial charge is 0.261 e. The van der Waals surface area contributed by atoms with Crippen LogP contribution in [-0.4, -0.2) is 45.4 Å². The Morgan fingerprint density at radius 3 is 2.88 bits per heavy atom. The molecule has 2 aliphatic carbocycles. The van der Waals surface area contributed by atoms with Gasteiger partial charge in [0, 0.05) is 12.5 Å². The predicted octanol–water partition coefficient (Wildman–Crippen LogP) is 1.06. The SMILES string of the molecule is CS(=O)(=O)N[C@H]1[C@H](NC(=O)c2scc3c2CCCC3)[C@@H]2CCO[C@@H]21. The molecule has 24 heavy (non-hydrogen) atoms. The van der Waals surface area contributed by atoms with Crippen molar-refractivity contribution in [3.8, 4) is 0 Å². The molecule has 1 amide bonds. The summed E-state index contributed by atoms with van der Waals surface area (Å²) in [6.07, 6.45) is 6.22. The molecule has 0 bridgehead atoms. The third-order valence-electron chi connectivity index (χ3n) is 5.34. The number of hydrogen-bond acceptors (Lipinski definition) is 5. The number of thiophene rings is 1. The first-order chi connectivity index (χ1) is 11.4. The molecule has 1 aromatic heterocycles. The standard InChI is InChI=1S/C16H22N2O4S2/c1-24(20,21)18-13-12(11-6-7-22-14(11)13)17-16(19)15-10-5-3-2-4-9(10)8-23-15/h8,11-14,18H,2-7H2,1H3,(H,17,19)/t11-,12+,13-,14-/m0/s1. The van der Waals surface area contributed by atoms with Crippen molar-refractivity contribution in [2.75, 3.05) is 12.9 Å². The van der Waals surface area contributed by atoms with E-state index in [0.717, 1.165) is 36.8 Å². The number of hydrogen-bond donors (Lipinski definition) is 2. The largest absolute Gasteiger partial charge is 0.376 e. The average Bonchev–Trinajstić information content (AvgIpc) is 3.14. The van der Waals surface area contributed by atoms with Crippen molar-refractivity contribution >= 4 is 27.3 Å². The lowest BCUT2D eigenvalue weighted by Crippen LogP contribution is -2.70. The Kier molecular flexibility index (Phi) is 4.19. The molecule has 2 N–H and O–H groups in total. The summed E-state index contributed by atoms with van der Waals surface area (Å²) in [6.45, 7) is 0.623. The van der Waals surface area contributed by atoms with Gasteiger partial charge >= 0.3 is 0 Å². The maximum atomic E-state index is 12.8. The second-order valence-electron chi connectivity index (χ2n) is 6.98. The van der Waals surface area contributed by atoms with E-state index >= 15 is 0 Å². The van der Waals surface area contributed by atoms with E-state index in [4.69, 9.17) is 4.74 Å². The van der Waals surface area contributed by atoms with Crippen LogP contribution in [0.1, 0.15) is 40.1 Å². The van der Waals surface area contributed by atoms with Crippen LogP contribution in [-0.2, 0) is 27.6 Å². The van der Waals surface area contributed by atoms with Crippen LogP contribution in [0.2, 0.25) is 0 Å². The number of ether oxygens (including phenoxy) is 1. The van der Waals surface area contributed by atoms with Gasteiger partial charge in [0.25, 0.3) is 5.91 Å². The van der Waals surface area contributed by atoms with E-state index in [9.17, 15) is 13.2 Å². The van der Waals surface area contributed by atoms with Crippen LogP contribution in [0.5, 0.6) is 0 Å². The van der Waals surface area contributed by atoms with Crippen molar-refractivity contribution in [2.45, 2.75) is 50.3 Å². The summed E-state index contributed by atoms with van der Waals surface area (Å²) in [5.74, 6) is 0.128. The first kappa shape index (κ1) is 16.5. The normalized spacial score (nSPS) is 31.9. The molecule has 1 aliphatic heterocycles. The summed E-state index contributed by atoms with van der Waals surface area (Å²) < 4.78 is 31.4. The molecule has 0 unspecified atom stereocenters. The molecule has 3 aliphatic rings. The molecule has 1 aromatic rings. The fourth-order valence-electron chi connectivity index (χ4n) is 4.22. The Balaban J connectivity index is 1.51. The third-order valence-corrected chi connectivity index (χ3v) is 7.11. The van der Waals surface area contributed by atoms with Crippen LogP contribution in [0, 0.1) is 5.92 Å². The summed E-state index contributed by atoms with van der Waals surface area (Å²) >= 11 is 1.51. The van der Waals surface area contributed by atoms with E-state index in [1.807, 2.05) is 0 Å². The van der Waals surface area contributed by atoms with Gasteiger partial charge in [-0.1, -0.05) is 0 Å². The molecule has 4 rings (SSSR count). The second kappa shape index (κ2) is 6.09. The van der Waals surface area contributed by atoms with Crippen LogP contribution < -0.4 is 10.0 Å². The third kappa shape index (κ3) is 2.89. The van der Waals surface area contributed by atoms with Crippen molar-refractivity contribution in [1.82, 2.24) is 10.0 Å². The van der Waals surface area contributed by atoms with E-state index < -0.39 is 10.0 Å². The van der Waals surface area contributed by atoms with Gasteiger partial charge in [-0.15, -0.1) is 11.3 Å². The number of nitrogens with one attached hydrogen (secondary N) is 2. The van der Waals surface area contributed by atoms with Crippen molar-refractivity contribution in [3.05, 3.63) is 21.4 Å². The maximum absolute atomic E-state index is 12.8. The summed E-state index contributed by atoms with van der Waals surface area (Å²) in [4.78, 5) is 13.6. The second-order valence-corrected chi connectivity index (χ2v) is 9.64. The molecule has 6 nitrogen and oxygen atoms in total. The summed E-state index contributed by atoms with van der Waals surface area (Å²) in [6, 6.07) is -0.562. The zero-order valence-corrected chi connectivity index (χ0v) is 15.2. The summed E-state index contributed by atoms with van der Waals surface area (Å²) in [7, 11) is -3.34. The van der Waals surface area contributed by atoms with Gasteiger partial charge in [0.1, 0.15) is 0 Å². The number of carbonyl (C=O) groups is 1.